The highest BCUT2D eigenvalue weighted by Gasteiger charge is 2.19. The van der Waals surface area contributed by atoms with Crippen molar-refractivity contribution in [1.82, 2.24) is 4.90 Å². The molecule has 0 fully saturated rings. The van der Waals surface area contributed by atoms with Crippen LogP contribution < -0.4 is 5.32 Å². The summed E-state index contributed by atoms with van der Waals surface area (Å²) in [7, 11) is 1.69. The summed E-state index contributed by atoms with van der Waals surface area (Å²) in [6.07, 6.45) is -0.0218. The standard InChI is InChI=1S/C13H16Cl2N2O3.ClH/c1-8(17(2)6-5-12(18)19)13(20)16-11-7-9(14)3-4-10(11)15;/h3-4,7-8H,5-6H2,1-2H3,(H,16,20)(H,18,19);1H. The normalized spacial score (nSPS) is 11.7. The molecule has 0 heterocycles. The van der Waals surface area contributed by atoms with E-state index in [9.17, 15) is 9.59 Å². The first kappa shape index (κ1) is 20.0. The maximum atomic E-state index is 12.1. The van der Waals surface area contributed by atoms with Gasteiger partial charge in [0.15, 0.2) is 0 Å². The minimum atomic E-state index is -0.901. The number of anilines is 1. The number of carboxylic acid groups (broad SMARTS) is 1. The van der Waals surface area contributed by atoms with E-state index in [1.54, 1.807) is 37.1 Å². The van der Waals surface area contributed by atoms with Gasteiger partial charge in [-0.05, 0) is 32.2 Å². The molecule has 21 heavy (non-hydrogen) atoms. The highest BCUT2D eigenvalue weighted by Crippen LogP contribution is 2.25. The van der Waals surface area contributed by atoms with E-state index in [2.05, 4.69) is 5.32 Å². The second-order valence-corrected chi connectivity index (χ2v) is 5.26. The molecule has 118 valence electrons. The first-order chi connectivity index (χ1) is 9.31. The van der Waals surface area contributed by atoms with Gasteiger partial charge in [-0.25, -0.2) is 0 Å². The van der Waals surface area contributed by atoms with Gasteiger partial charge in [-0.1, -0.05) is 23.2 Å². The SMILES string of the molecule is CC(C(=O)Nc1cc(Cl)ccc1Cl)N(C)CCC(=O)O.Cl. The molecule has 0 aromatic heterocycles. The quantitative estimate of drug-likeness (QED) is 0.822. The summed E-state index contributed by atoms with van der Waals surface area (Å²) in [6.45, 7) is 1.98. The van der Waals surface area contributed by atoms with Gasteiger partial charge in [-0.3, -0.25) is 14.5 Å². The minimum Gasteiger partial charge on any atom is -0.481 e. The third-order valence-corrected chi connectivity index (χ3v) is 3.47. The lowest BCUT2D eigenvalue weighted by Crippen LogP contribution is -2.40. The van der Waals surface area contributed by atoms with Crippen molar-refractivity contribution >= 4 is 53.2 Å². The molecular weight excluding hydrogens is 339 g/mol. The van der Waals surface area contributed by atoms with E-state index in [1.807, 2.05) is 0 Å². The lowest BCUT2D eigenvalue weighted by Gasteiger charge is -2.23. The number of carbonyl (C=O) groups excluding carboxylic acids is 1. The van der Waals surface area contributed by atoms with Gasteiger partial charge in [0.1, 0.15) is 0 Å². The summed E-state index contributed by atoms with van der Waals surface area (Å²) < 4.78 is 0. The van der Waals surface area contributed by atoms with E-state index in [0.29, 0.717) is 15.7 Å². The Hall–Kier alpha value is -1.01. The van der Waals surface area contributed by atoms with Crippen LogP contribution in [0.2, 0.25) is 10.0 Å². The summed E-state index contributed by atoms with van der Waals surface area (Å²) in [5.41, 5.74) is 0.433. The molecule has 0 saturated carbocycles. The highest BCUT2D eigenvalue weighted by atomic mass is 35.5. The zero-order chi connectivity index (χ0) is 15.3. The smallest absolute Gasteiger partial charge is 0.304 e. The van der Waals surface area contributed by atoms with Crippen LogP contribution in [0.3, 0.4) is 0 Å². The molecule has 0 bridgehead atoms. The first-order valence-corrected chi connectivity index (χ1v) is 6.75. The number of aliphatic carboxylic acids is 1. The Morgan fingerprint density at radius 3 is 2.57 bits per heavy atom. The van der Waals surface area contributed by atoms with E-state index >= 15 is 0 Å². The first-order valence-electron chi connectivity index (χ1n) is 5.99. The lowest BCUT2D eigenvalue weighted by atomic mass is 10.2. The number of hydrogen-bond acceptors (Lipinski definition) is 3. The number of nitrogens with one attached hydrogen (secondary N) is 1. The third-order valence-electron chi connectivity index (χ3n) is 2.91. The van der Waals surface area contributed by atoms with E-state index in [0.717, 1.165) is 0 Å². The maximum absolute atomic E-state index is 12.1. The number of amides is 1. The summed E-state index contributed by atoms with van der Waals surface area (Å²) in [4.78, 5) is 24.2. The van der Waals surface area contributed by atoms with E-state index in [1.165, 1.54) is 0 Å². The molecule has 1 rings (SSSR count). The van der Waals surface area contributed by atoms with Crippen LogP contribution in [0, 0.1) is 0 Å². The van der Waals surface area contributed by atoms with Crippen molar-refractivity contribution in [2.45, 2.75) is 19.4 Å². The fourth-order valence-electron chi connectivity index (χ4n) is 1.50. The van der Waals surface area contributed by atoms with Gasteiger partial charge in [0.05, 0.1) is 23.2 Å². The highest BCUT2D eigenvalue weighted by molar-refractivity contribution is 6.35. The number of rotatable bonds is 6. The molecular formula is C13H17Cl3N2O3. The van der Waals surface area contributed by atoms with Crippen LogP contribution in [0.25, 0.3) is 0 Å². The van der Waals surface area contributed by atoms with E-state index in [-0.39, 0.29) is 31.3 Å². The van der Waals surface area contributed by atoms with Gasteiger partial charge < -0.3 is 10.4 Å². The Morgan fingerprint density at radius 2 is 2.00 bits per heavy atom. The van der Waals surface area contributed by atoms with Crippen molar-refractivity contribution in [3.63, 3.8) is 0 Å². The Labute approximate surface area is 139 Å². The molecule has 0 aliphatic rings. The van der Waals surface area contributed by atoms with Crippen molar-refractivity contribution in [3.05, 3.63) is 28.2 Å². The van der Waals surface area contributed by atoms with Crippen molar-refractivity contribution in [2.75, 3.05) is 18.9 Å². The van der Waals surface area contributed by atoms with Crippen molar-refractivity contribution in [1.29, 1.82) is 0 Å². The predicted octanol–water partition coefficient (Wildman–Crippen LogP) is 3.15. The molecule has 1 unspecified atom stereocenters. The third kappa shape index (κ3) is 6.52. The largest absolute Gasteiger partial charge is 0.481 e. The van der Waals surface area contributed by atoms with Gasteiger partial charge in [-0.15, -0.1) is 12.4 Å². The number of nitrogens with zero attached hydrogens (tertiary/aromatic N) is 1. The summed E-state index contributed by atoms with van der Waals surface area (Å²) >= 11 is 11.8. The monoisotopic (exact) mass is 354 g/mol. The number of likely N-dealkylation sites (N-methyl/N-ethyl adjacent to an activating group) is 1. The van der Waals surface area contributed by atoms with Gasteiger partial charge in [0, 0.05) is 11.6 Å². The van der Waals surface area contributed by atoms with Crippen molar-refractivity contribution < 1.29 is 14.7 Å². The average Bonchev–Trinajstić information content (AvgIpc) is 2.39. The minimum absolute atomic E-state index is 0. The Morgan fingerprint density at radius 1 is 1.38 bits per heavy atom. The fourth-order valence-corrected chi connectivity index (χ4v) is 1.83. The molecule has 0 spiro atoms. The van der Waals surface area contributed by atoms with Crippen LogP contribution in [0.4, 0.5) is 5.69 Å². The Bertz CT molecular complexity index is 511. The molecule has 0 radical (unpaired) electrons. The number of hydrogen-bond donors (Lipinski definition) is 2. The second kappa shape index (κ2) is 9.10. The summed E-state index contributed by atoms with van der Waals surface area (Å²) in [5, 5.41) is 12.2. The topological polar surface area (TPSA) is 69.6 Å². The van der Waals surface area contributed by atoms with Gasteiger partial charge in [-0.2, -0.15) is 0 Å². The van der Waals surface area contributed by atoms with Gasteiger partial charge in [0.25, 0.3) is 0 Å². The lowest BCUT2D eigenvalue weighted by molar-refractivity contribution is -0.137. The predicted molar refractivity (Wildman–Crippen MR) is 86.7 cm³/mol. The van der Waals surface area contributed by atoms with Crippen molar-refractivity contribution in [3.8, 4) is 0 Å². The number of halogens is 3. The van der Waals surface area contributed by atoms with Crippen LogP contribution in [0.5, 0.6) is 0 Å². The Kier molecular flexibility index (Phi) is 8.66. The molecule has 1 amide bonds. The number of carbonyl (C=O) groups is 2. The zero-order valence-corrected chi connectivity index (χ0v) is 13.9. The molecule has 1 aromatic carbocycles. The summed E-state index contributed by atoms with van der Waals surface area (Å²) in [6, 6.07) is 4.30. The van der Waals surface area contributed by atoms with Crippen LogP contribution >= 0.6 is 35.6 Å². The van der Waals surface area contributed by atoms with Crippen LogP contribution in [-0.2, 0) is 9.59 Å². The zero-order valence-electron chi connectivity index (χ0n) is 11.6. The van der Waals surface area contributed by atoms with Crippen molar-refractivity contribution in [2.24, 2.45) is 0 Å². The van der Waals surface area contributed by atoms with E-state index < -0.39 is 12.0 Å². The van der Waals surface area contributed by atoms with Gasteiger partial charge in [0.2, 0.25) is 5.91 Å². The van der Waals surface area contributed by atoms with Gasteiger partial charge >= 0.3 is 5.97 Å². The molecule has 0 aliphatic carbocycles. The average molecular weight is 356 g/mol. The molecule has 1 aromatic rings. The molecule has 2 N–H and O–H groups in total. The second-order valence-electron chi connectivity index (χ2n) is 4.41. The molecule has 1 atom stereocenters. The molecule has 5 nitrogen and oxygen atoms in total. The fraction of sp³-hybridized carbons (Fsp3) is 0.385. The Balaban J connectivity index is 0.00000400. The number of benzene rings is 1. The molecule has 0 aliphatic heterocycles. The molecule has 0 saturated heterocycles. The van der Waals surface area contributed by atoms with Crippen LogP contribution in [0.15, 0.2) is 18.2 Å². The number of carboxylic acids is 1. The maximum Gasteiger partial charge on any atom is 0.304 e. The van der Waals surface area contributed by atoms with Crippen LogP contribution in [-0.4, -0.2) is 41.5 Å². The summed E-state index contributed by atoms with van der Waals surface area (Å²) in [5.74, 6) is -1.18. The van der Waals surface area contributed by atoms with E-state index in [4.69, 9.17) is 28.3 Å². The molecule has 8 heteroatoms. The van der Waals surface area contributed by atoms with Crippen LogP contribution in [0.1, 0.15) is 13.3 Å².